The third-order valence-corrected chi connectivity index (χ3v) is 9.08. The molecule has 0 bridgehead atoms. The zero-order valence-corrected chi connectivity index (χ0v) is 22.5. The lowest BCUT2D eigenvalue weighted by Crippen LogP contribution is -2.51. The van der Waals surface area contributed by atoms with Crippen LogP contribution in [-0.2, 0) is 28.9 Å². The van der Waals surface area contributed by atoms with Gasteiger partial charge in [-0.05, 0) is 50.7 Å². The summed E-state index contributed by atoms with van der Waals surface area (Å²) in [5, 5.41) is 8.96. The molecule has 2 rings (SSSR count). The van der Waals surface area contributed by atoms with E-state index >= 15 is 0 Å². The Morgan fingerprint density at radius 3 is 2.51 bits per heavy atom. The van der Waals surface area contributed by atoms with E-state index in [1.807, 2.05) is 0 Å². The highest BCUT2D eigenvalue weighted by molar-refractivity contribution is 7.92. The molecule has 1 aliphatic carbocycles. The van der Waals surface area contributed by atoms with Gasteiger partial charge in [-0.3, -0.25) is 19.1 Å². The number of unbranched alkanes of at least 4 members (excludes halogenated alkanes) is 1. The second-order valence-corrected chi connectivity index (χ2v) is 13.6. The Bertz CT molecular complexity index is 1160. The van der Waals surface area contributed by atoms with Crippen molar-refractivity contribution in [2.45, 2.75) is 50.7 Å². The molecule has 2 N–H and O–H groups in total. The van der Waals surface area contributed by atoms with Crippen molar-refractivity contribution in [2.75, 3.05) is 38.8 Å². The molecule has 2 aliphatic rings. The normalized spacial score (nSPS) is 22.9. The molecule has 0 saturated heterocycles. The van der Waals surface area contributed by atoms with E-state index in [1.54, 1.807) is 0 Å². The van der Waals surface area contributed by atoms with E-state index in [4.69, 9.17) is 9.39 Å². The number of hydrogen-bond donors (Lipinski definition) is 2. The van der Waals surface area contributed by atoms with Gasteiger partial charge in [0.1, 0.15) is 0 Å². The van der Waals surface area contributed by atoms with Crippen molar-refractivity contribution in [3.8, 4) is 11.8 Å². The molecule has 0 radical (unpaired) electrons. The quantitative estimate of drug-likeness (QED) is 0.145. The Labute approximate surface area is 209 Å². The molecular weight excluding hydrogens is 492 g/mol. The van der Waals surface area contributed by atoms with Crippen LogP contribution in [0.25, 0.3) is 0 Å². The highest BCUT2D eigenvalue weighted by Gasteiger charge is 2.43. The number of rotatable bonds is 10. The third kappa shape index (κ3) is 8.58. The summed E-state index contributed by atoms with van der Waals surface area (Å²) in [6.07, 6.45) is 13.3. The van der Waals surface area contributed by atoms with Crippen LogP contribution in [0.3, 0.4) is 0 Å². The van der Waals surface area contributed by atoms with Gasteiger partial charge in [-0.25, -0.2) is 13.9 Å². The number of hydrogen-bond acceptors (Lipinski definition) is 8. The number of allylic oxidation sites excluding steroid dienone is 4. The van der Waals surface area contributed by atoms with Crippen molar-refractivity contribution in [3.63, 3.8) is 0 Å². The zero-order valence-electron chi connectivity index (χ0n) is 20.8. The van der Waals surface area contributed by atoms with Gasteiger partial charge >= 0.3 is 0 Å². The van der Waals surface area contributed by atoms with E-state index in [9.17, 15) is 21.6 Å². The molecule has 0 aromatic carbocycles. The number of sulfone groups is 1. The lowest BCUT2D eigenvalue weighted by molar-refractivity contribution is -0.131. The van der Waals surface area contributed by atoms with Crippen LogP contribution in [0.1, 0.15) is 46.0 Å². The number of amides is 1. The van der Waals surface area contributed by atoms with E-state index in [2.05, 4.69) is 48.0 Å². The van der Waals surface area contributed by atoms with Crippen LogP contribution in [0.15, 0.2) is 35.5 Å². The Kier molecular flexibility index (Phi) is 9.90. The van der Waals surface area contributed by atoms with Crippen molar-refractivity contribution in [1.82, 2.24) is 10.4 Å². The first-order valence-corrected chi connectivity index (χ1v) is 15.2. The van der Waals surface area contributed by atoms with Crippen LogP contribution in [0.4, 0.5) is 0 Å². The minimum Gasteiger partial charge on any atom is -0.299 e. The van der Waals surface area contributed by atoms with Gasteiger partial charge in [0.25, 0.3) is 16.0 Å². The number of nitrogens with one attached hydrogen (secondary N) is 1. The molecule has 0 saturated carbocycles. The van der Waals surface area contributed by atoms with Crippen LogP contribution in [0, 0.1) is 17.3 Å². The summed E-state index contributed by atoms with van der Waals surface area (Å²) in [5.74, 6) is 5.47. The van der Waals surface area contributed by atoms with Crippen LogP contribution in [0.2, 0.25) is 0 Å². The monoisotopic (exact) mass is 528 g/mol. The molecule has 0 spiro atoms. The van der Waals surface area contributed by atoms with Gasteiger partial charge in [0.15, 0.2) is 14.6 Å². The molecule has 9 nitrogen and oxygen atoms in total. The molecule has 196 valence electrons. The first-order chi connectivity index (χ1) is 16.2. The Morgan fingerprint density at radius 1 is 1.29 bits per heavy atom. The Balaban J connectivity index is 1.88. The number of carbonyl (C=O) groups excluding carboxylic acids is 1. The maximum atomic E-state index is 12.1. The third-order valence-electron chi connectivity index (χ3n) is 6.46. The second-order valence-electron chi connectivity index (χ2n) is 9.52. The zero-order chi connectivity index (χ0) is 26.3. The molecule has 11 heteroatoms. The first-order valence-electron chi connectivity index (χ1n) is 11.5. The number of nitrogens with zero attached hydrogens (tertiary/aromatic N) is 1. The van der Waals surface area contributed by atoms with Crippen molar-refractivity contribution < 1.29 is 31.0 Å². The fourth-order valence-electron chi connectivity index (χ4n) is 3.83. The topological polar surface area (TPSA) is 130 Å². The van der Waals surface area contributed by atoms with Crippen molar-refractivity contribution >= 4 is 25.9 Å². The SMILES string of the molecule is CC1(C#CCCCOS(C)(=O)=O)C=CC(C2=CCN(CCC(C)(C(=O)NO)S(C)(=O)=O)CC2)=CC1. The average molecular weight is 529 g/mol. The molecule has 1 amide bonds. The highest BCUT2D eigenvalue weighted by atomic mass is 32.2. The largest absolute Gasteiger partial charge is 0.299 e. The minimum absolute atomic E-state index is 0.0847. The van der Waals surface area contributed by atoms with E-state index in [-0.39, 0.29) is 18.4 Å². The van der Waals surface area contributed by atoms with Crippen molar-refractivity contribution in [1.29, 1.82) is 0 Å². The summed E-state index contributed by atoms with van der Waals surface area (Å²) in [6.45, 7) is 5.34. The molecule has 35 heavy (non-hydrogen) atoms. The summed E-state index contributed by atoms with van der Waals surface area (Å²) in [5.41, 5.74) is 3.60. The van der Waals surface area contributed by atoms with Crippen LogP contribution < -0.4 is 5.48 Å². The van der Waals surface area contributed by atoms with E-state index in [1.165, 1.54) is 18.0 Å². The van der Waals surface area contributed by atoms with Crippen LogP contribution >= 0.6 is 0 Å². The predicted molar refractivity (Wildman–Crippen MR) is 135 cm³/mol. The van der Waals surface area contributed by atoms with E-state index in [0.717, 1.165) is 37.5 Å². The summed E-state index contributed by atoms with van der Waals surface area (Å²) >= 11 is 0. The average Bonchev–Trinajstić information content (AvgIpc) is 2.78. The van der Waals surface area contributed by atoms with Crippen molar-refractivity contribution in [2.24, 2.45) is 5.41 Å². The van der Waals surface area contributed by atoms with Gasteiger partial charge < -0.3 is 0 Å². The van der Waals surface area contributed by atoms with Crippen molar-refractivity contribution in [3.05, 3.63) is 35.5 Å². The molecule has 2 atom stereocenters. The van der Waals surface area contributed by atoms with Gasteiger partial charge in [-0.2, -0.15) is 8.42 Å². The number of hydroxylamine groups is 1. The molecule has 0 aromatic rings. The lowest BCUT2D eigenvalue weighted by atomic mass is 9.80. The summed E-state index contributed by atoms with van der Waals surface area (Å²) < 4.78 is 49.2. The molecule has 1 heterocycles. The maximum absolute atomic E-state index is 12.1. The van der Waals surface area contributed by atoms with Gasteiger partial charge in [0.05, 0.1) is 18.3 Å². The summed E-state index contributed by atoms with van der Waals surface area (Å²) in [4.78, 5) is 14.1. The first kappa shape index (κ1) is 29.3. The molecule has 0 fully saturated rings. The fraction of sp³-hybridized carbons (Fsp3) is 0.625. The predicted octanol–water partition coefficient (Wildman–Crippen LogP) is 1.97. The molecule has 1 aliphatic heterocycles. The number of carbonyl (C=O) groups is 1. The second kappa shape index (κ2) is 11.8. The lowest BCUT2D eigenvalue weighted by Gasteiger charge is -2.32. The van der Waals surface area contributed by atoms with Gasteiger partial charge in [0.2, 0.25) is 0 Å². The van der Waals surface area contributed by atoms with Gasteiger partial charge in [0, 0.05) is 32.3 Å². The fourth-order valence-corrected chi connectivity index (χ4v) is 5.10. The maximum Gasteiger partial charge on any atom is 0.264 e. The smallest absolute Gasteiger partial charge is 0.264 e. The molecular formula is C24H36N2O7S2. The van der Waals surface area contributed by atoms with Gasteiger partial charge in [-0.15, -0.1) is 5.92 Å². The standard InChI is InChI=1S/C24H36N2O7S2/c1-23(12-6-5-7-19-33-35(4,31)32)13-8-20(9-14-23)21-10-16-26(17-11-21)18-15-24(2,22(27)25-28)34(3,29)30/h8-10,13,28H,5,7,11,14-19H2,1-4H3,(H,25,27). The Morgan fingerprint density at radius 2 is 2.00 bits per heavy atom. The van der Waals surface area contributed by atoms with E-state index < -0.39 is 30.6 Å². The van der Waals surface area contributed by atoms with Crippen LogP contribution in [0.5, 0.6) is 0 Å². The Hall–Kier alpha value is -1.97. The summed E-state index contributed by atoms with van der Waals surface area (Å²) in [6, 6.07) is 0. The van der Waals surface area contributed by atoms with E-state index in [0.29, 0.717) is 25.9 Å². The highest BCUT2D eigenvalue weighted by Crippen LogP contribution is 2.33. The molecule has 2 unspecified atom stereocenters. The minimum atomic E-state index is -3.71. The van der Waals surface area contributed by atoms with Gasteiger partial charge in [-0.1, -0.05) is 30.2 Å². The summed E-state index contributed by atoms with van der Waals surface area (Å²) in [7, 11) is -7.12. The van der Waals surface area contributed by atoms with Crippen LogP contribution in [-0.4, -0.2) is 76.3 Å². The molecule has 0 aromatic heterocycles.